The van der Waals surface area contributed by atoms with Gasteiger partial charge in [-0.3, -0.25) is 9.78 Å². The molecule has 6 rings (SSSR count). The van der Waals surface area contributed by atoms with Crippen LogP contribution >= 0.6 is 11.8 Å². The van der Waals surface area contributed by atoms with Crippen molar-refractivity contribution in [1.82, 2.24) is 15.2 Å². The summed E-state index contributed by atoms with van der Waals surface area (Å²) in [5.74, 6) is 1.07. The Morgan fingerprint density at radius 3 is 2.52 bits per heavy atom. The van der Waals surface area contributed by atoms with E-state index in [1.807, 2.05) is 18.5 Å². The molecule has 2 heterocycles. The quantitative estimate of drug-likeness (QED) is 0.0786. The largest absolute Gasteiger partial charge is 0.490 e. The number of nitrogens with one attached hydrogen (secondary N) is 1. The number of hydrogen-bond donors (Lipinski definition) is 6. The Bertz CT molecular complexity index is 1630. The molecule has 12 heteroatoms. The van der Waals surface area contributed by atoms with E-state index in [0.717, 1.165) is 61.3 Å². The fraction of sp³-hybridized carbons (Fsp3) is 0.550. The average Bonchev–Trinajstić information content (AvgIpc) is 4.13. The molecule has 1 amide bonds. The van der Waals surface area contributed by atoms with Crippen molar-refractivity contribution in [2.24, 2.45) is 0 Å². The van der Waals surface area contributed by atoms with E-state index < -0.39 is 36.9 Å². The lowest BCUT2D eigenvalue weighted by molar-refractivity contribution is -0.162. The van der Waals surface area contributed by atoms with Gasteiger partial charge in [-0.2, -0.15) is 0 Å². The number of carbonyl (C=O) groups is 1. The molecule has 1 saturated heterocycles. The van der Waals surface area contributed by atoms with Gasteiger partial charge in [0.15, 0.2) is 6.10 Å². The number of thioether (sulfide) groups is 1. The minimum Gasteiger partial charge on any atom is -0.490 e. The third kappa shape index (κ3) is 9.53. The molecule has 0 spiro atoms. The van der Waals surface area contributed by atoms with Crippen LogP contribution in [-0.2, 0) is 21.6 Å². The van der Waals surface area contributed by atoms with Crippen LogP contribution in [0, 0.1) is 6.92 Å². The molecule has 6 N–H and O–H groups in total. The Hall–Kier alpha value is -3.07. The molecule has 1 aromatic heterocycles. The molecule has 282 valence electrons. The first-order valence-electron chi connectivity index (χ1n) is 18.6. The lowest BCUT2D eigenvalue weighted by Crippen LogP contribution is -2.55. The number of aliphatic hydroxyl groups excluding tert-OH is 5. The third-order valence-corrected chi connectivity index (χ3v) is 11.6. The van der Waals surface area contributed by atoms with Crippen LogP contribution in [0.25, 0.3) is 11.1 Å². The van der Waals surface area contributed by atoms with Gasteiger partial charge in [0.1, 0.15) is 24.1 Å². The number of carbonyl (C=O) groups excluding carboxylic acids is 1. The number of aryl methyl sites for hydroxylation is 1. The minimum absolute atomic E-state index is 0.139. The number of nitrogens with zero attached hydrogens (tertiary/aromatic N) is 2. The fourth-order valence-corrected chi connectivity index (χ4v) is 7.88. The molecule has 3 fully saturated rings. The second-order valence-electron chi connectivity index (χ2n) is 14.4. The van der Waals surface area contributed by atoms with Crippen LogP contribution in [0.3, 0.4) is 0 Å². The molecule has 4 unspecified atom stereocenters. The van der Waals surface area contributed by atoms with E-state index in [1.54, 1.807) is 16.7 Å². The summed E-state index contributed by atoms with van der Waals surface area (Å²) in [6, 6.07) is 16.8. The molecule has 52 heavy (non-hydrogen) atoms. The zero-order chi connectivity index (χ0) is 36.7. The smallest absolute Gasteiger partial charge is 0.254 e. The van der Waals surface area contributed by atoms with Crippen molar-refractivity contribution in [2.45, 2.75) is 112 Å². The highest BCUT2D eigenvalue weighted by Crippen LogP contribution is 2.50. The molecule has 0 bridgehead atoms. The number of aliphatic hydroxyl groups is 5. The van der Waals surface area contributed by atoms with E-state index in [-0.39, 0.29) is 11.6 Å². The number of aromatic nitrogens is 1. The van der Waals surface area contributed by atoms with Gasteiger partial charge in [0, 0.05) is 60.7 Å². The number of unbranched alkanes of at least 4 members (excludes halogenated alkanes) is 1. The highest BCUT2D eigenvalue weighted by Gasteiger charge is 2.46. The lowest BCUT2D eigenvalue weighted by Gasteiger charge is -2.37. The van der Waals surface area contributed by atoms with Gasteiger partial charge in [-0.15, -0.1) is 11.8 Å². The number of rotatable bonds is 19. The normalized spacial score (nSPS) is 19.4. The second-order valence-corrected chi connectivity index (χ2v) is 15.5. The highest BCUT2D eigenvalue weighted by molar-refractivity contribution is 7.99. The molecule has 1 aliphatic heterocycles. The molecule has 3 aromatic rings. The maximum Gasteiger partial charge on any atom is 0.254 e. The SMILES string of the molecule is Cc1ccc(SCCCCN(C(=O)C(O)C(O)C(O)C(O)CO)C2CCOCC2)cc1CNC1(c2cnccc2-c2ccccc2OC2CC2)CC1. The molecule has 2 saturated carbocycles. The summed E-state index contributed by atoms with van der Waals surface area (Å²) in [4.78, 5) is 20.6. The Kier molecular flexibility index (Phi) is 13.3. The highest BCUT2D eigenvalue weighted by atomic mass is 32.2. The summed E-state index contributed by atoms with van der Waals surface area (Å²) in [6.45, 7) is 3.43. The first-order chi connectivity index (χ1) is 25.2. The van der Waals surface area contributed by atoms with Crippen molar-refractivity contribution >= 4 is 17.7 Å². The van der Waals surface area contributed by atoms with Crippen molar-refractivity contribution in [1.29, 1.82) is 0 Å². The number of para-hydroxylation sites is 1. The van der Waals surface area contributed by atoms with E-state index in [4.69, 9.17) is 14.6 Å². The zero-order valence-electron chi connectivity index (χ0n) is 29.9. The number of amides is 1. The molecule has 0 radical (unpaired) electrons. The average molecular weight is 736 g/mol. The van der Waals surface area contributed by atoms with Gasteiger partial charge >= 0.3 is 0 Å². The van der Waals surface area contributed by atoms with Crippen LogP contribution in [0.2, 0.25) is 0 Å². The molecule has 11 nitrogen and oxygen atoms in total. The lowest BCUT2D eigenvalue weighted by atomic mass is 9.94. The topological polar surface area (TPSA) is 165 Å². The molecular formula is C40H53N3O8S. The molecular weight excluding hydrogens is 683 g/mol. The molecule has 2 aromatic carbocycles. The van der Waals surface area contributed by atoms with Crippen LogP contribution in [0.5, 0.6) is 5.75 Å². The van der Waals surface area contributed by atoms with Crippen molar-refractivity contribution in [3.05, 3.63) is 77.6 Å². The van der Waals surface area contributed by atoms with E-state index >= 15 is 0 Å². The van der Waals surface area contributed by atoms with E-state index in [1.165, 1.54) is 21.6 Å². The standard InChI is InChI=1S/C40H53N3O8S/c1-26-8-11-30(52-21-5-4-18-43(28-13-19-50-20-14-28)39(49)38(48)37(47)36(46)34(45)25-44)22-27(26)23-42-40(15-16-40)33-24-41-17-12-31(33)32-6-2-3-7-35(32)51-29-9-10-29/h2-3,6-8,11-12,17,22,24,28-29,34,36-38,42,44-48H,4-5,9-10,13-16,18-21,23,25H2,1H3. The van der Waals surface area contributed by atoms with Crippen LogP contribution < -0.4 is 10.1 Å². The van der Waals surface area contributed by atoms with Crippen LogP contribution in [0.4, 0.5) is 0 Å². The third-order valence-electron chi connectivity index (χ3n) is 10.5. The van der Waals surface area contributed by atoms with Crippen molar-refractivity contribution in [3.63, 3.8) is 0 Å². The summed E-state index contributed by atoms with van der Waals surface area (Å²) in [6.07, 6.45) is 3.83. The summed E-state index contributed by atoms with van der Waals surface area (Å²) in [7, 11) is 0. The number of hydrogen-bond acceptors (Lipinski definition) is 11. The molecule has 2 aliphatic carbocycles. The van der Waals surface area contributed by atoms with E-state index in [0.29, 0.717) is 45.1 Å². The minimum atomic E-state index is -1.93. The number of pyridine rings is 1. The monoisotopic (exact) mass is 735 g/mol. The van der Waals surface area contributed by atoms with Crippen molar-refractivity contribution in [3.8, 4) is 16.9 Å². The second kappa shape index (κ2) is 17.8. The maximum absolute atomic E-state index is 13.3. The predicted molar refractivity (Wildman–Crippen MR) is 199 cm³/mol. The van der Waals surface area contributed by atoms with Crippen molar-refractivity contribution in [2.75, 3.05) is 32.1 Å². The van der Waals surface area contributed by atoms with Crippen molar-refractivity contribution < 1.29 is 39.8 Å². The van der Waals surface area contributed by atoms with Crippen LogP contribution in [0.15, 0.2) is 65.8 Å². The van der Waals surface area contributed by atoms with Gasteiger partial charge in [0.05, 0.1) is 12.7 Å². The molecule has 4 atom stereocenters. The predicted octanol–water partition coefficient (Wildman–Crippen LogP) is 3.69. The summed E-state index contributed by atoms with van der Waals surface area (Å²) >= 11 is 1.77. The Morgan fingerprint density at radius 2 is 1.79 bits per heavy atom. The van der Waals surface area contributed by atoms with E-state index in [9.17, 15) is 25.2 Å². The summed E-state index contributed by atoms with van der Waals surface area (Å²) in [5, 5.41) is 53.8. The first kappa shape index (κ1) is 38.6. The van der Waals surface area contributed by atoms with Gasteiger partial charge in [-0.1, -0.05) is 24.3 Å². The Labute approximate surface area is 310 Å². The van der Waals surface area contributed by atoms with Gasteiger partial charge < -0.3 is 45.2 Å². The van der Waals surface area contributed by atoms with Gasteiger partial charge in [0.2, 0.25) is 0 Å². The Morgan fingerprint density at radius 1 is 1.02 bits per heavy atom. The van der Waals surface area contributed by atoms with Gasteiger partial charge in [-0.25, -0.2) is 0 Å². The van der Waals surface area contributed by atoms with Gasteiger partial charge in [-0.05, 0) is 111 Å². The summed E-state index contributed by atoms with van der Waals surface area (Å²) in [5.41, 5.74) is 5.82. The van der Waals surface area contributed by atoms with Gasteiger partial charge in [0.25, 0.3) is 5.91 Å². The number of benzene rings is 2. The van der Waals surface area contributed by atoms with E-state index in [2.05, 4.69) is 59.7 Å². The van der Waals surface area contributed by atoms with Crippen LogP contribution in [0.1, 0.15) is 68.1 Å². The Balaban J connectivity index is 1.04. The maximum atomic E-state index is 13.3. The summed E-state index contributed by atoms with van der Waals surface area (Å²) < 4.78 is 11.8. The molecule has 3 aliphatic rings. The van der Waals surface area contributed by atoms with Crippen LogP contribution in [-0.4, -0.2) is 110 Å². The fourth-order valence-electron chi connectivity index (χ4n) is 6.91. The zero-order valence-corrected chi connectivity index (χ0v) is 30.7. The number of ether oxygens (including phenoxy) is 2. The first-order valence-corrected chi connectivity index (χ1v) is 19.6.